The van der Waals surface area contributed by atoms with Crippen LogP contribution in [0.4, 0.5) is 0 Å². The molecule has 1 N–H and O–H groups in total. The van der Waals surface area contributed by atoms with E-state index in [1.165, 1.54) is 0 Å². The van der Waals surface area contributed by atoms with Crippen LogP contribution in [0.1, 0.15) is 43.2 Å². The number of unbranched alkanes of at least 4 members (excludes halogenated alkanes) is 1. The van der Waals surface area contributed by atoms with Crippen molar-refractivity contribution in [1.82, 2.24) is 10.1 Å². The van der Waals surface area contributed by atoms with Gasteiger partial charge in [0.1, 0.15) is 5.76 Å². The molecule has 1 rings (SSSR count). The topological polar surface area (TPSA) is 66.6 Å². The molecule has 0 aliphatic heterocycles. The van der Waals surface area contributed by atoms with Crippen molar-refractivity contribution in [2.24, 2.45) is 0 Å². The molecule has 0 fully saturated rings. The van der Waals surface area contributed by atoms with Crippen LogP contribution in [-0.2, 0) is 11.3 Å². The molecule has 0 aliphatic carbocycles. The second-order valence-corrected chi connectivity index (χ2v) is 4.58. The lowest BCUT2D eigenvalue weighted by Crippen LogP contribution is -2.27. The Morgan fingerprint density at radius 2 is 2.11 bits per heavy atom. The Morgan fingerprint density at radius 1 is 1.39 bits per heavy atom. The molecule has 0 unspecified atom stereocenters. The van der Waals surface area contributed by atoms with Crippen molar-refractivity contribution >= 4 is 5.97 Å². The summed E-state index contributed by atoms with van der Waals surface area (Å²) >= 11 is 0. The number of aromatic nitrogens is 1. The van der Waals surface area contributed by atoms with Crippen molar-refractivity contribution in [3.8, 4) is 0 Å². The van der Waals surface area contributed by atoms with E-state index in [2.05, 4.69) is 17.0 Å². The fraction of sp³-hybridized carbons (Fsp3) is 0.692. The second-order valence-electron chi connectivity index (χ2n) is 4.58. The minimum atomic E-state index is -0.754. The van der Waals surface area contributed by atoms with Crippen molar-refractivity contribution < 1.29 is 14.4 Å². The van der Waals surface area contributed by atoms with E-state index in [1.54, 1.807) is 0 Å². The molecule has 0 saturated carbocycles. The van der Waals surface area contributed by atoms with Crippen LogP contribution < -0.4 is 0 Å². The van der Waals surface area contributed by atoms with Crippen molar-refractivity contribution in [2.45, 2.75) is 46.6 Å². The third-order valence-electron chi connectivity index (χ3n) is 3.03. The number of aryl methyl sites for hydroxylation is 2. The summed E-state index contributed by atoms with van der Waals surface area (Å²) in [6.07, 6.45) is 2.35. The Labute approximate surface area is 108 Å². The Morgan fingerprint density at radius 3 is 2.61 bits per heavy atom. The van der Waals surface area contributed by atoms with Gasteiger partial charge in [-0.2, -0.15) is 0 Å². The molecule has 5 heteroatoms. The van der Waals surface area contributed by atoms with E-state index in [9.17, 15) is 4.79 Å². The van der Waals surface area contributed by atoms with Crippen LogP contribution >= 0.6 is 0 Å². The minimum Gasteiger partial charge on any atom is -0.481 e. The summed E-state index contributed by atoms with van der Waals surface area (Å²) in [5.74, 6) is 0.0691. The number of hydrogen-bond donors (Lipinski definition) is 1. The third kappa shape index (κ3) is 4.49. The van der Waals surface area contributed by atoms with Gasteiger partial charge in [-0.25, -0.2) is 0 Å². The smallest absolute Gasteiger partial charge is 0.304 e. The van der Waals surface area contributed by atoms with Crippen LogP contribution in [0, 0.1) is 13.8 Å². The van der Waals surface area contributed by atoms with Gasteiger partial charge >= 0.3 is 5.97 Å². The number of nitrogens with zero attached hydrogens (tertiary/aromatic N) is 2. The van der Waals surface area contributed by atoms with Crippen molar-refractivity contribution in [3.05, 3.63) is 17.0 Å². The quantitative estimate of drug-likeness (QED) is 0.771. The average molecular weight is 254 g/mol. The van der Waals surface area contributed by atoms with E-state index in [0.29, 0.717) is 13.1 Å². The number of aliphatic carboxylic acids is 1. The maximum atomic E-state index is 10.7. The summed E-state index contributed by atoms with van der Waals surface area (Å²) in [6, 6.07) is 0. The van der Waals surface area contributed by atoms with Gasteiger partial charge in [0.25, 0.3) is 0 Å². The Bertz CT molecular complexity index is 368. The zero-order chi connectivity index (χ0) is 13.5. The van der Waals surface area contributed by atoms with E-state index in [0.717, 1.165) is 36.4 Å². The van der Waals surface area contributed by atoms with Crippen LogP contribution in [0.2, 0.25) is 0 Å². The standard InChI is InChI=1S/C13H22N2O3/c1-4-5-7-15(8-6-13(16)17)9-12-10(2)14-18-11(12)3/h4-9H2,1-3H3,(H,16,17). The van der Waals surface area contributed by atoms with E-state index < -0.39 is 5.97 Å². The highest BCUT2D eigenvalue weighted by Crippen LogP contribution is 2.15. The van der Waals surface area contributed by atoms with Gasteiger partial charge in [-0.1, -0.05) is 18.5 Å². The summed E-state index contributed by atoms with van der Waals surface area (Å²) in [4.78, 5) is 12.8. The zero-order valence-electron chi connectivity index (χ0n) is 11.4. The summed E-state index contributed by atoms with van der Waals surface area (Å²) < 4.78 is 5.13. The molecule has 0 bridgehead atoms. The fourth-order valence-corrected chi connectivity index (χ4v) is 1.86. The maximum Gasteiger partial charge on any atom is 0.304 e. The number of hydrogen-bond acceptors (Lipinski definition) is 4. The first-order valence-corrected chi connectivity index (χ1v) is 6.40. The molecule has 102 valence electrons. The molecule has 0 aromatic carbocycles. The second kappa shape index (κ2) is 7.16. The van der Waals surface area contributed by atoms with Gasteiger partial charge in [0.2, 0.25) is 0 Å². The predicted octanol–water partition coefficient (Wildman–Crippen LogP) is 2.37. The minimum absolute atomic E-state index is 0.174. The van der Waals surface area contributed by atoms with Crippen molar-refractivity contribution in [2.75, 3.05) is 13.1 Å². The van der Waals surface area contributed by atoms with E-state index in [1.807, 2.05) is 13.8 Å². The monoisotopic (exact) mass is 254 g/mol. The van der Waals surface area contributed by atoms with Gasteiger partial charge in [0.05, 0.1) is 12.1 Å². The van der Waals surface area contributed by atoms with Gasteiger partial charge in [0, 0.05) is 18.7 Å². The normalized spacial score (nSPS) is 11.1. The number of rotatable bonds is 8. The predicted molar refractivity (Wildman–Crippen MR) is 68.4 cm³/mol. The molecule has 1 aromatic heterocycles. The molecule has 0 saturated heterocycles. The summed E-state index contributed by atoms with van der Waals surface area (Å²) in [7, 11) is 0. The van der Waals surface area contributed by atoms with Gasteiger partial charge in [-0.05, 0) is 26.8 Å². The Hall–Kier alpha value is -1.36. The lowest BCUT2D eigenvalue weighted by Gasteiger charge is -2.21. The van der Waals surface area contributed by atoms with Gasteiger partial charge in [0.15, 0.2) is 0 Å². The molecule has 0 spiro atoms. The van der Waals surface area contributed by atoms with Crippen LogP contribution in [0.5, 0.6) is 0 Å². The highest BCUT2D eigenvalue weighted by Gasteiger charge is 2.14. The molecule has 5 nitrogen and oxygen atoms in total. The molecule has 0 atom stereocenters. The van der Waals surface area contributed by atoms with Crippen LogP contribution in [0.25, 0.3) is 0 Å². The first kappa shape index (κ1) is 14.7. The maximum absolute atomic E-state index is 10.7. The molecule has 1 heterocycles. The first-order chi connectivity index (χ1) is 8.54. The lowest BCUT2D eigenvalue weighted by molar-refractivity contribution is -0.137. The van der Waals surface area contributed by atoms with Crippen molar-refractivity contribution in [1.29, 1.82) is 0 Å². The zero-order valence-corrected chi connectivity index (χ0v) is 11.4. The van der Waals surface area contributed by atoms with Gasteiger partial charge in [-0.3, -0.25) is 9.69 Å². The Balaban J connectivity index is 2.62. The average Bonchev–Trinajstić information content (AvgIpc) is 2.63. The molecule has 18 heavy (non-hydrogen) atoms. The molecular formula is C13H22N2O3. The molecule has 0 amide bonds. The Kier molecular flexibility index (Phi) is 5.85. The highest BCUT2D eigenvalue weighted by molar-refractivity contribution is 5.66. The highest BCUT2D eigenvalue weighted by atomic mass is 16.5. The van der Waals surface area contributed by atoms with Gasteiger partial charge in [-0.15, -0.1) is 0 Å². The first-order valence-electron chi connectivity index (χ1n) is 6.40. The number of carboxylic acids is 1. The largest absolute Gasteiger partial charge is 0.481 e. The van der Waals surface area contributed by atoms with E-state index in [-0.39, 0.29) is 6.42 Å². The van der Waals surface area contributed by atoms with Crippen molar-refractivity contribution in [3.63, 3.8) is 0 Å². The molecule has 1 aromatic rings. The number of carbonyl (C=O) groups is 1. The van der Waals surface area contributed by atoms with E-state index >= 15 is 0 Å². The van der Waals surface area contributed by atoms with Gasteiger partial charge < -0.3 is 9.63 Å². The fourth-order valence-electron chi connectivity index (χ4n) is 1.86. The molecule has 0 aliphatic rings. The molecular weight excluding hydrogens is 232 g/mol. The lowest BCUT2D eigenvalue weighted by atomic mass is 10.1. The SMILES string of the molecule is CCCCN(CCC(=O)O)Cc1c(C)noc1C. The van der Waals surface area contributed by atoms with Crippen LogP contribution in [-0.4, -0.2) is 34.2 Å². The molecule has 0 radical (unpaired) electrons. The summed E-state index contributed by atoms with van der Waals surface area (Å²) in [6.45, 7) is 8.14. The van der Waals surface area contributed by atoms with Crippen LogP contribution in [0.3, 0.4) is 0 Å². The number of carboxylic acid groups (broad SMARTS) is 1. The summed E-state index contributed by atoms with van der Waals surface area (Å²) in [5.41, 5.74) is 1.97. The third-order valence-corrected chi connectivity index (χ3v) is 3.03. The summed E-state index contributed by atoms with van der Waals surface area (Å²) in [5, 5.41) is 12.7. The van der Waals surface area contributed by atoms with E-state index in [4.69, 9.17) is 9.63 Å². The van der Waals surface area contributed by atoms with Crippen LogP contribution in [0.15, 0.2) is 4.52 Å².